The first-order valence-electron chi connectivity index (χ1n) is 9.56. The number of halogens is 2. The van der Waals surface area contributed by atoms with Gasteiger partial charge in [0.15, 0.2) is 6.10 Å². The maximum absolute atomic E-state index is 13.5. The monoisotopic (exact) mass is 482 g/mol. The number of ether oxygens (including phenoxy) is 1. The van der Waals surface area contributed by atoms with Crippen LogP contribution < -0.4 is 0 Å². The van der Waals surface area contributed by atoms with E-state index in [-0.39, 0.29) is 11.9 Å². The van der Waals surface area contributed by atoms with E-state index in [1.165, 1.54) is 0 Å². The van der Waals surface area contributed by atoms with Crippen molar-refractivity contribution in [2.45, 2.75) is 18.6 Å². The van der Waals surface area contributed by atoms with Gasteiger partial charge in [0.05, 0.1) is 11.8 Å². The second-order valence-electron chi connectivity index (χ2n) is 7.04. The Kier molecular flexibility index (Phi) is 6.32. The number of carbonyl (C=O) groups is 1. The summed E-state index contributed by atoms with van der Waals surface area (Å²) in [5, 5.41) is 6.91. The molecule has 0 N–H and O–H groups in total. The number of hydrogen-bond donors (Lipinski definition) is 0. The van der Waals surface area contributed by atoms with Crippen LogP contribution in [0.4, 0.5) is 0 Å². The van der Waals surface area contributed by atoms with Crippen LogP contribution in [0, 0.1) is 0 Å². The number of carbonyl (C=O) groups excluding carboxylic acids is 1. The molecule has 0 unspecified atom stereocenters. The van der Waals surface area contributed by atoms with Gasteiger partial charge in [0.25, 0.3) is 5.91 Å². The minimum absolute atomic E-state index is 0.210. The van der Waals surface area contributed by atoms with Crippen molar-refractivity contribution in [3.05, 3.63) is 105 Å². The number of rotatable bonds is 5. The molecule has 1 aliphatic rings. The number of methoxy groups -OCH3 is 1. The lowest BCUT2D eigenvalue weighted by Gasteiger charge is -2.26. The Balaban J connectivity index is 1.74. The van der Waals surface area contributed by atoms with Crippen LogP contribution in [0.5, 0.6) is 0 Å². The van der Waals surface area contributed by atoms with Crippen molar-refractivity contribution in [2.75, 3.05) is 7.11 Å². The van der Waals surface area contributed by atoms with Crippen molar-refractivity contribution < 1.29 is 9.53 Å². The minimum Gasteiger partial charge on any atom is -0.367 e. The molecule has 30 heavy (non-hydrogen) atoms. The molecule has 0 radical (unpaired) electrons. The molecule has 3 aromatic rings. The zero-order valence-electron chi connectivity index (χ0n) is 16.3. The molecule has 0 saturated carbocycles. The molecule has 1 heterocycles. The van der Waals surface area contributed by atoms with Gasteiger partial charge in [-0.2, -0.15) is 5.10 Å². The molecule has 0 bridgehead atoms. The van der Waals surface area contributed by atoms with Crippen LogP contribution in [0.1, 0.15) is 35.3 Å². The van der Waals surface area contributed by atoms with Gasteiger partial charge in [-0.15, -0.1) is 0 Å². The van der Waals surface area contributed by atoms with E-state index in [1.807, 2.05) is 78.9 Å². The Morgan fingerprint density at radius 3 is 2.57 bits per heavy atom. The second kappa shape index (κ2) is 9.13. The van der Waals surface area contributed by atoms with Crippen LogP contribution in [-0.4, -0.2) is 23.7 Å². The molecular weight excluding hydrogens is 464 g/mol. The zero-order chi connectivity index (χ0) is 21.1. The van der Waals surface area contributed by atoms with Crippen molar-refractivity contribution in [2.24, 2.45) is 5.10 Å². The van der Waals surface area contributed by atoms with Gasteiger partial charge in [-0.05, 0) is 41.0 Å². The van der Waals surface area contributed by atoms with Crippen LogP contribution >= 0.6 is 27.5 Å². The molecule has 1 aliphatic heterocycles. The van der Waals surface area contributed by atoms with Gasteiger partial charge >= 0.3 is 0 Å². The van der Waals surface area contributed by atoms with Crippen molar-refractivity contribution in [3.63, 3.8) is 0 Å². The van der Waals surface area contributed by atoms with E-state index in [0.29, 0.717) is 11.4 Å². The normalized spacial score (nSPS) is 17.0. The summed E-state index contributed by atoms with van der Waals surface area (Å²) in [7, 11) is 1.54. The Morgan fingerprint density at radius 1 is 1.10 bits per heavy atom. The quantitative estimate of drug-likeness (QED) is 0.435. The summed E-state index contributed by atoms with van der Waals surface area (Å²) < 4.78 is 6.55. The highest BCUT2D eigenvalue weighted by molar-refractivity contribution is 9.10. The van der Waals surface area contributed by atoms with E-state index < -0.39 is 6.10 Å². The highest BCUT2D eigenvalue weighted by Crippen LogP contribution is 2.36. The van der Waals surface area contributed by atoms with Crippen LogP contribution in [0.15, 0.2) is 88.4 Å². The zero-order valence-corrected chi connectivity index (χ0v) is 18.7. The van der Waals surface area contributed by atoms with Crippen molar-refractivity contribution >= 4 is 39.1 Å². The van der Waals surface area contributed by atoms with E-state index in [4.69, 9.17) is 21.4 Å². The first-order valence-corrected chi connectivity index (χ1v) is 10.7. The molecule has 0 spiro atoms. The third kappa shape index (κ3) is 4.33. The predicted octanol–water partition coefficient (Wildman–Crippen LogP) is 6.17. The third-order valence-corrected chi connectivity index (χ3v) is 5.82. The molecule has 0 aliphatic carbocycles. The Labute approximate surface area is 189 Å². The molecule has 0 fully saturated rings. The van der Waals surface area contributed by atoms with Crippen molar-refractivity contribution in [1.29, 1.82) is 0 Å². The largest absolute Gasteiger partial charge is 0.367 e. The lowest BCUT2D eigenvalue weighted by Crippen LogP contribution is -2.32. The van der Waals surface area contributed by atoms with Gasteiger partial charge < -0.3 is 4.74 Å². The predicted molar refractivity (Wildman–Crippen MR) is 123 cm³/mol. The first-order chi connectivity index (χ1) is 14.6. The first kappa shape index (κ1) is 20.8. The van der Waals surface area contributed by atoms with Gasteiger partial charge in [-0.1, -0.05) is 82.1 Å². The molecule has 152 valence electrons. The smallest absolute Gasteiger partial charge is 0.276 e. The SMILES string of the molecule is CO[C@@H](C(=O)N1N=C(c2cccc(Br)c2)C[C@@H]1c1cccc(Cl)c1)c1ccccc1. The number of hydrazone groups is 1. The molecule has 4 rings (SSSR count). The summed E-state index contributed by atoms with van der Waals surface area (Å²) in [6.45, 7) is 0. The molecule has 3 aromatic carbocycles. The highest BCUT2D eigenvalue weighted by atomic mass is 79.9. The molecular formula is C24H20BrClN2O2. The summed E-state index contributed by atoms with van der Waals surface area (Å²) in [5.74, 6) is -0.210. The summed E-state index contributed by atoms with van der Waals surface area (Å²) in [4.78, 5) is 13.5. The summed E-state index contributed by atoms with van der Waals surface area (Å²) >= 11 is 9.75. The number of amides is 1. The molecule has 1 amide bonds. The number of nitrogens with zero attached hydrogens (tertiary/aromatic N) is 2. The van der Waals surface area contributed by atoms with E-state index in [0.717, 1.165) is 26.9 Å². The summed E-state index contributed by atoms with van der Waals surface area (Å²) in [6, 6.07) is 24.7. The highest BCUT2D eigenvalue weighted by Gasteiger charge is 2.37. The average molecular weight is 484 g/mol. The fourth-order valence-corrected chi connectivity index (χ4v) is 4.25. The fraction of sp³-hybridized carbons (Fsp3) is 0.167. The molecule has 0 saturated heterocycles. The maximum atomic E-state index is 13.5. The summed E-state index contributed by atoms with van der Waals surface area (Å²) in [5.41, 5.74) is 3.55. The van der Waals surface area contributed by atoms with E-state index in [2.05, 4.69) is 15.9 Å². The topological polar surface area (TPSA) is 41.9 Å². The van der Waals surface area contributed by atoms with Gasteiger partial charge in [0.1, 0.15) is 0 Å². The van der Waals surface area contributed by atoms with Gasteiger partial charge in [0, 0.05) is 23.0 Å². The lowest BCUT2D eigenvalue weighted by molar-refractivity contribution is -0.144. The Bertz CT molecular complexity index is 1090. The van der Waals surface area contributed by atoms with E-state index in [1.54, 1.807) is 12.1 Å². The van der Waals surface area contributed by atoms with Crippen molar-refractivity contribution in [1.82, 2.24) is 5.01 Å². The van der Waals surface area contributed by atoms with Crippen LogP contribution in [0.3, 0.4) is 0 Å². The van der Waals surface area contributed by atoms with Crippen LogP contribution in [0.25, 0.3) is 0 Å². The van der Waals surface area contributed by atoms with Gasteiger partial charge in [-0.25, -0.2) is 5.01 Å². The van der Waals surface area contributed by atoms with Crippen LogP contribution in [0.2, 0.25) is 5.02 Å². The standard InChI is InChI=1S/C24H20BrClN2O2/c1-30-23(16-7-3-2-4-8-16)24(29)28-22(18-10-6-12-20(26)14-18)15-21(27-28)17-9-5-11-19(25)13-17/h2-14,22-23H,15H2,1H3/t22-,23-/m1/s1. The Morgan fingerprint density at radius 2 is 1.87 bits per heavy atom. The summed E-state index contributed by atoms with van der Waals surface area (Å²) in [6.07, 6.45) is -0.146. The maximum Gasteiger partial charge on any atom is 0.276 e. The Hall–Kier alpha value is -2.47. The third-order valence-electron chi connectivity index (χ3n) is 5.09. The van der Waals surface area contributed by atoms with Gasteiger partial charge in [0.2, 0.25) is 0 Å². The molecule has 6 heteroatoms. The fourth-order valence-electron chi connectivity index (χ4n) is 3.66. The number of benzene rings is 3. The number of hydrogen-bond acceptors (Lipinski definition) is 3. The van der Waals surface area contributed by atoms with Crippen LogP contribution in [-0.2, 0) is 9.53 Å². The molecule has 2 atom stereocenters. The van der Waals surface area contributed by atoms with E-state index >= 15 is 0 Å². The lowest BCUT2D eigenvalue weighted by atomic mass is 9.98. The van der Waals surface area contributed by atoms with Crippen molar-refractivity contribution in [3.8, 4) is 0 Å². The average Bonchev–Trinajstić information content (AvgIpc) is 3.21. The minimum atomic E-state index is -0.738. The van der Waals surface area contributed by atoms with Gasteiger partial charge in [-0.3, -0.25) is 4.79 Å². The molecule has 4 nitrogen and oxygen atoms in total. The molecule has 0 aromatic heterocycles. The second-order valence-corrected chi connectivity index (χ2v) is 8.39. The van der Waals surface area contributed by atoms with E-state index in [9.17, 15) is 4.79 Å².